The second-order valence-electron chi connectivity index (χ2n) is 16.4. The zero-order valence-corrected chi connectivity index (χ0v) is 34.0. The van der Waals surface area contributed by atoms with Crippen molar-refractivity contribution in [3.8, 4) is 0 Å². The average molecular weight is 795 g/mol. The molecule has 10 N–H and O–H groups in total. The molecule has 0 aromatic carbocycles. The van der Waals surface area contributed by atoms with Crippen molar-refractivity contribution in [3.05, 3.63) is 0 Å². The number of nitrogens with zero attached hydrogens (tertiary/aromatic N) is 6. The normalized spacial score (nSPS) is 34.3. The Morgan fingerprint density at radius 3 is 1.43 bits per heavy atom. The van der Waals surface area contributed by atoms with E-state index >= 15 is 0 Å². The van der Waals surface area contributed by atoms with Gasteiger partial charge in [0.25, 0.3) is 0 Å². The highest BCUT2D eigenvalue weighted by molar-refractivity contribution is 7.99. The molecule has 0 unspecified atom stereocenters. The molecule has 14 nitrogen and oxygen atoms in total. The van der Waals surface area contributed by atoms with Gasteiger partial charge < -0.3 is 30.6 Å². The molecular weight excluding hydrogens is 729 g/mol. The summed E-state index contributed by atoms with van der Waals surface area (Å²) in [6, 6.07) is 3.41. The van der Waals surface area contributed by atoms with Gasteiger partial charge in [-0.25, -0.2) is 40.4 Å². The van der Waals surface area contributed by atoms with Crippen LogP contribution in [0.4, 0.5) is 0 Å². The molecule has 0 saturated carbocycles. The van der Waals surface area contributed by atoms with Crippen LogP contribution in [0.5, 0.6) is 0 Å². The Hall–Kier alpha value is -1.63. The van der Waals surface area contributed by atoms with E-state index in [0.29, 0.717) is 36.3 Å². The van der Waals surface area contributed by atoms with Gasteiger partial charge in [-0.05, 0) is 25.7 Å². The van der Waals surface area contributed by atoms with Gasteiger partial charge in [0.05, 0.1) is 51.5 Å². The van der Waals surface area contributed by atoms with Gasteiger partial charge in [-0.3, -0.25) is 0 Å². The first-order chi connectivity index (χ1) is 26.1. The first-order valence-electron chi connectivity index (χ1n) is 20.7. The Kier molecular flexibility index (Phi) is 13.4. The van der Waals surface area contributed by atoms with Gasteiger partial charge in [-0.2, -0.15) is 35.3 Å². The molecule has 0 radical (unpaired) electrons. The number of quaternary nitrogens is 2. The van der Waals surface area contributed by atoms with Crippen molar-refractivity contribution in [2.24, 2.45) is 9.98 Å². The number of guanidine groups is 4. The standard InChI is InChI=1S/C36H62N12O2S3/c49-17-25-1-9-45-11-3-27(39-33(45)37-25)19-51-21-29-5-13-47-15-7-31(43-35(47)41-29)23-53-24-32-8-16-48-14-6-30(42-36(48)44-32)22-52-20-28-4-12-46-10-2-26(18-50)38-34(46)40-28/h25-32,49-50H,1-24H2,(H4,37,38,39,40,41,42,43,44)/p+4/t25-,26-,27-,28-,29-,30-,31-,32-/m1/s1. The van der Waals surface area contributed by atoms with Crippen LogP contribution in [0.3, 0.4) is 0 Å². The van der Waals surface area contributed by atoms with E-state index in [-0.39, 0.29) is 25.3 Å². The molecular formula is C36H66N12O2S3+4. The molecule has 8 atom stereocenters. The summed E-state index contributed by atoms with van der Waals surface area (Å²) in [5, 5.41) is 38.8. The monoisotopic (exact) mass is 794 g/mol. The summed E-state index contributed by atoms with van der Waals surface area (Å²) in [4.78, 5) is 15.4. The van der Waals surface area contributed by atoms with Crippen molar-refractivity contribution in [2.75, 3.05) is 100 Å². The van der Waals surface area contributed by atoms with Crippen LogP contribution < -0.4 is 31.9 Å². The minimum absolute atomic E-state index is 0.209. The molecule has 2 fully saturated rings. The lowest BCUT2D eigenvalue weighted by Gasteiger charge is -2.40. The Morgan fingerprint density at radius 1 is 0.528 bits per heavy atom. The molecule has 17 heteroatoms. The summed E-state index contributed by atoms with van der Waals surface area (Å²) in [6.45, 7) is 9.30. The van der Waals surface area contributed by atoms with Gasteiger partial charge in [0.1, 0.15) is 24.2 Å². The molecule has 8 heterocycles. The number of hydrogen-bond donors (Lipinski definition) is 8. The number of aliphatic imine (C=N–C) groups is 2. The number of aliphatic hydroxyl groups is 2. The summed E-state index contributed by atoms with van der Waals surface area (Å²) < 4.78 is 4.91. The Labute approximate surface area is 328 Å². The van der Waals surface area contributed by atoms with E-state index in [1.165, 1.54) is 49.1 Å². The van der Waals surface area contributed by atoms with Crippen LogP contribution in [0.25, 0.3) is 0 Å². The molecule has 0 aromatic rings. The quantitative estimate of drug-likeness (QED) is 0.0843. The number of nitrogens with two attached hydrogens (primary N) is 2. The van der Waals surface area contributed by atoms with E-state index in [4.69, 9.17) is 9.98 Å². The molecule has 296 valence electrons. The highest BCUT2D eigenvalue weighted by Gasteiger charge is 2.38. The van der Waals surface area contributed by atoms with Crippen LogP contribution >= 0.6 is 35.3 Å². The summed E-state index contributed by atoms with van der Waals surface area (Å²) in [5.41, 5.74) is 0. The van der Waals surface area contributed by atoms with Gasteiger partial charge in [-0.1, -0.05) is 0 Å². The summed E-state index contributed by atoms with van der Waals surface area (Å²) in [7, 11) is 0. The van der Waals surface area contributed by atoms with Crippen molar-refractivity contribution in [2.45, 2.75) is 99.7 Å². The molecule has 0 amide bonds. The third kappa shape index (κ3) is 10.0. The van der Waals surface area contributed by atoms with E-state index in [1.54, 1.807) is 0 Å². The van der Waals surface area contributed by atoms with Crippen molar-refractivity contribution < 1.29 is 30.0 Å². The zero-order valence-electron chi connectivity index (χ0n) is 31.5. The maximum absolute atomic E-state index is 9.60. The number of rotatable bonds is 14. The fraction of sp³-hybridized carbons (Fsp3) is 0.889. The second-order valence-corrected chi connectivity index (χ2v) is 19.7. The first-order valence-corrected chi connectivity index (χ1v) is 24.1. The minimum Gasteiger partial charge on any atom is -0.392 e. The summed E-state index contributed by atoms with van der Waals surface area (Å²) >= 11 is 6.23. The molecule has 0 spiro atoms. The number of thioether (sulfide) groups is 3. The van der Waals surface area contributed by atoms with Crippen molar-refractivity contribution in [1.82, 2.24) is 31.1 Å². The van der Waals surface area contributed by atoms with Crippen molar-refractivity contribution in [3.63, 3.8) is 0 Å². The largest absolute Gasteiger partial charge is 0.441 e. The van der Waals surface area contributed by atoms with Crippen LogP contribution in [0.1, 0.15) is 51.4 Å². The van der Waals surface area contributed by atoms with Gasteiger partial charge in [0, 0.05) is 98.5 Å². The zero-order chi connectivity index (χ0) is 36.0. The third-order valence-electron chi connectivity index (χ3n) is 12.4. The van der Waals surface area contributed by atoms with E-state index in [0.717, 1.165) is 113 Å². The Bertz CT molecular complexity index is 1280. The maximum Gasteiger partial charge on any atom is 0.441 e. The van der Waals surface area contributed by atoms with E-state index in [1.807, 2.05) is 0 Å². The number of aliphatic hydroxyl groups excluding tert-OH is 2. The minimum atomic E-state index is 0.209. The number of hydrogen-bond acceptors (Lipinski definition) is 13. The van der Waals surface area contributed by atoms with Gasteiger partial charge in [-0.15, -0.1) is 0 Å². The van der Waals surface area contributed by atoms with E-state index < -0.39 is 0 Å². The Morgan fingerprint density at radius 2 is 0.962 bits per heavy atom. The third-order valence-corrected chi connectivity index (χ3v) is 16.2. The SMILES string of the molecule is OC[C@H]1CC[N+]2=C(N1)[NH2+][C@@H](CSC[C@H]1CCN3CC[C@H](CSC[C@H]4CCN5CC[C@H](CSC[C@H]6CC[N+]7=C(N[C@@H](CO)CC7)[NH2+]6)NC5=N4)N=C3N1)CC2. The first kappa shape index (κ1) is 38.3. The van der Waals surface area contributed by atoms with E-state index in [2.05, 4.69) is 86.1 Å². The second kappa shape index (κ2) is 18.5. The maximum atomic E-state index is 9.60. The molecule has 0 aromatic heterocycles. The van der Waals surface area contributed by atoms with Crippen LogP contribution in [0.15, 0.2) is 9.98 Å². The predicted molar refractivity (Wildman–Crippen MR) is 218 cm³/mol. The van der Waals surface area contributed by atoms with Crippen LogP contribution in [-0.2, 0) is 0 Å². The predicted octanol–water partition coefficient (Wildman–Crippen LogP) is -3.11. The average Bonchev–Trinajstić information content (AvgIpc) is 3.20. The lowest BCUT2D eigenvalue weighted by atomic mass is 10.1. The molecule has 8 rings (SSSR count). The molecule has 8 aliphatic rings. The number of nitrogens with one attached hydrogen (secondary N) is 4. The molecule has 0 bridgehead atoms. The van der Waals surface area contributed by atoms with Crippen LogP contribution in [-0.4, -0.2) is 201 Å². The van der Waals surface area contributed by atoms with Crippen molar-refractivity contribution in [1.29, 1.82) is 0 Å². The highest BCUT2D eigenvalue weighted by atomic mass is 32.2. The fourth-order valence-electron chi connectivity index (χ4n) is 9.01. The molecule has 53 heavy (non-hydrogen) atoms. The molecule has 8 aliphatic heterocycles. The highest BCUT2D eigenvalue weighted by Crippen LogP contribution is 2.23. The topological polar surface area (TPSA) is 159 Å². The lowest BCUT2D eigenvalue weighted by molar-refractivity contribution is -0.691. The van der Waals surface area contributed by atoms with E-state index in [9.17, 15) is 10.2 Å². The summed E-state index contributed by atoms with van der Waals surface area (Å²) in [6.07, 6.45) is 9.21. The summed E-state index contributed by atoms with van der Waals surface area (Å²) in [5.74, 6) is 11.5. The Balaban J connectivity index is 0.727. The number of fused-ring (bicyclic) bond motifs is 2. The molecule has 2 saturated heterocycles. The molecule has 0 aliphatic carbocycles. The fourth-order valence-corrected chi connectivity index (χ4v) is 12.6. The lowest BCUT2D eigenvalue weighted by Crippen LogP contribution is -3.00. The smallest absolute Gasteiger partial charge is 0.392 e. The van der Waals surface area contributed by atoms with Crippen LogP contribution in [0.2, 0.25) is 0 Å². The van der Waals surface area contributed by atoms with Gasteiger partial charge in [0.15, 0.2) is 11.9 Å². The van der Waals surface area contributed by atoms with Crippen molar-refractivity contribution >= 4 is 59.1 Å². The van der Waals surface area contributed by atoms with Gasteiger partial charge >= 0.3 is 11.9 Å². The van der Waals surface area contributed by atoms with Gasteiger partial charge in [0.2, 0.25) is 0 Å². The van der Waals surface area contributed by atoms with Crippen LogP contribution in [0, 0.1) is 0 Å².